The van der Waals surface area contributed by atoms with Crippen molar-refractivity contribution in [1.29, 1.82) is 0 Å². The van der Waals surface area contributed by atoms with Gasteiger partial charge in [0.2, 0.25) is 0 Å². The van der Waals surface area contributed by atoms with Gasteiger partial charge in [0.05, 0.1) is 6.54 Å². The second-order valence-electron chi connectivity index (χ2n) is 8.60. The van der Waals surface area contributed by atoms with Gasteiger partial charge in [-0.25, -0.2) is 19.2 Å². The number of hydrogen-bond acceptors (Lipinski definition) is 3. The second-order valence-corrected chi connectivity index (χ2v) is 8.60. The molecule has 0 spiro atoms. The Labute approximate surface area is 196 Å². The van der Waals surface area contributed by atoms with E-state index in [-0.39, 0.29) is 0 Å². The van der Waals surface area contributed by atoms with Crippen molar-refractivity contribution in [2.24, 2.45) is 0 Å². The molecule has 0 bridgehead atoms. The number of carbonyl (C=O) groups is 1. The highest BCUT2D eigenvalue weighted by atomic mass is 19.1. The SMILES string of the molecule is CCc1nc2c(C)cc(C)nc2n1Cc1ccc2c(c1)C=Cc1ccc(F)cc1/C2=C\C(=O)O. The van der Waals surface area contributed by atoms with Gasteiger partial charge in [0, 0.05) is 18.2 Å². The molecule has 6 heteroatoms. The smallest absolute Gasteiger partial charge is 0.328 e. The Kier molecular flexibility index (Phi) is 5.36. The van der Waals surface area contributed by atoms with Crippen LogP contribution in [0.1, 0.15) is 51.8 Å². The van der Waals surface area contributed by atoms with Crippen LogP contribution in [-0.2, 0) is 17.8 Å². The van der Waals surface area contributed by atoms with Crippen LogP contribution >= 0.6 is 0 Å². The number of carboxylic acids is 1. The number of halogens is 1. The fourth-order valence-electron chi connectivity index (χ4n) is 4.67. The van der Waals surface area contributed by atoms with Gasteiger partial charge in [-0.05, 0) is 77.1 Å². The third-order valence-corrected chi connectivity index (χ3v) is 6.18. The van der Waals surface area contributed by atoms with Crippen LogP contribution in [0.5, 0.6) is 0 Å². The summed E-state index contributed by atoms with van der Waals surface area (Å²) in [5.74, 6) is -0.506. The number of aliphatic carboxylic acids is 1. The van der Waals surface area contributed by atoms with E-state index in [1.165, 1.54) is 12.1 Å². The molecule has 1 N–H and O–H groups in total. The van der Waals surface area contributed by atoms with Crippen molar-refractivity contribution in [2.75, 3.05) is 0 Å². The standard InChI is InChI=1S/C28H24FN3O2/c1-4-25-31-27-16(2)11-17(3)30-28(27)32(25)15-18-5-10-22-20(12-18)7-6-19-8-9-21(29)13-23(19)24(22)14-26(33)34/h5-14H,4,15H2,1-3H3,(H,33,34)/b24-14-. The van der Waals surface area contributed by atoms with Gasteiger partial charge in [-0.3, -0.25) is 0 Å². The summed E-state index contributed by atoms with van der Waals surface area (Å²) in [6.45, 7) is 6.71. The third kappa shape index (κ3) is 3.81. The third-order valence-electron chi connectivity index (χ3n) is 6.18. The van der Waals surface area contributed by atoms with Crippen molar-refractivity contribution in [2.45, 2.75) is 33.7 Å². The van der Waals surface area contributed by atoms with E-state index >= 15 is 0 Å². The Morgan fingerprint density at radius 1 is 1.03 bits per heavy atom. The molecule has 0 saturated heterocycles. The lowest BCUT2D eigenvalue weighted by atomic mass is 9.92. The van der Waals surface area contributed by atoms with Crippen molar-refractivity contribution in [3.63, 3.8) is 0 Å². The van der Waals surface area contributed by atoms with Gasteiger partial charge in [0.25, 0.3) is 0 Å². The molecule has 2 aromatic carbocycles. The first-order valence-corrected chi connectivity index (χ1v) is 11.2. The number of pyridine rings is 1. The van der Waals surface area contributed by atoms with Crippen LogP contribution in [0, 0.1) is 19.7 Å². The van der Waals surface area contributed by atoms with Gasteiger partial charge in [0.1, 0.15) is 17.2 Å². The molecule has 0 aliphatic heterocycles. The predicted octanol–water partition coefficient (Wildman–Crippen LogP) is 5.80. The average Bonchev–Trinajstić information content (AvgIpc) is 3.07. The summed E-state index contributed by atoms with van der Waals surface area (Å²) in [4.78, 5) is 21.2. The highest BCUT2D eigenvalue weighted by molar-refractivity contribution is 6.01. The molecule has 1 aliphatic rings. The molecule has 2 aromatic heterocycles. The molecule has 170 valence electrons. The van der Waals surface area contributed by atoms with Crippen LogP contribution in [0.25, 0.3) is 28.9 Å². The molecule has 1 aliphatic carbocycles. The van der Waals surface area contributed by atoms with Crippen molar-refractivity contribution in [1.82, 2.24) is 14.5 Å². The average molecular weight is 454 g/mol. The lowest BCUT2D eigenvalue weighted by Gasteiger charge is -2.14. The number of carboxylic acid groups (broad SMARTS) is 1. The summed E-state index contributed by atoms with van der Waals surface area (Å²) in [6, 6.07) is 12.4. The minimum Gasteiger partial charge on any atom is -0.478 e. The highest BCUT2D eigenvalue weighted by Crippen LogP contribution is 2.35. The van der Waals surface area contributed by atoms with Gasteiger partial charge in [-0.1, -0.05) is 37.3 Å². The first-order chi connectivity index (χ1) is 16.3. The summed E-state index contributed by atoms with van der Waals surface area (Å²) >= 11 is 0. The van der Waals surface area contributed by atoms with E-state index in [1.807, 2.05) is 37.3 Å². The largest absolute Gasteiger partial charge is 0.478 e. The fraction of sp³-hybridized carbons (Fsp3) is 0.179. The molecule has 5 nitrogen and oxygen atoms in total. The summed E-state index contributed by atoms with van der Waals surface area (Å²) in [7, 11) is 0. The van der Waals surface area contributed by atoms with E-state index in [9.17, 15) is 14.3 Å². The Morgan fingerprint density at radius 3 is 2.59 bits per heavy atom. The number of benzene rings is 2. The molecule has 4 aromatic rings. The van der Waals surface area contributed by atoms with Crippen molar-refractivity contribution < 1.29 is 14.3 Å². The highest BCUT2D eigenvalue weighted by Gasteiger charge is 2.19. The lowest BCUT2D eigenvalue weighted by Crippen LogP contribution is -2.06. The zero-order valence-corrected chi connectivity index (χ0v) is 19.3. The van der Waals surface area contributed by atoms with Crippen LogP contribution in [0.15, 0.2) is 48.5 Å². The Balaban J connectivity index is 1.63. The molecule has 0 radical (unpaired) electrons. The fourth-order valence-corrected chi connectivity index (χ4v) is 4.67. The van der Waals surface area contributed by atoms with E-state index in [1.54, 1.807) is 6.07 Å². The molecule has 0 unspecified atom stereocenters. The van der Waals surface area contributed by atoms with Crippen LogP contribution in [0.4, 0.5) is 4.39 Å². The van der Waals surface area contributed by atoms with E-state index in [0.717, 1.165) is 63.0 Å². The minimum absolute atomic E-state index is 0.402. The maximum Gasteiger partial charge on any atom is 0.328 e. The molecule has 0 fully saturated rings. The number of hydrogen-bond donors (Lipinski definition) is 1. The Hall–Kier alpha value is -4.06. The zero-order chi connectivity index (χ0) is 24.0. The van der Waals surface area contributed by atoms with Crippen molar-refractivity contribution in [3.05, 3.63) is 99.3 Å². The molecule has 0 saturated carbocycles. The van der Waals surface area contributed by atoms with E-state index in [0.29, 0.717) is 17.7 Å². The van der Waals surface area contributed by atoms with Crippen LogP contribution in [0.3, 0.4) is 0 Å². The topological polar surface area (TPSA) is 68.0 Å². The van der Waals surface area contributed by atoms with Gasteiger partial charge < -0.3 is 9.67 Å². The monoisotopic (exact) mass is 453 g/mol. The summed E-state index contributed by atoms with van der Waals surface area (Å²) < 4.78 is 16.2. The van der Waals surface area contributed by atoms with Gasteiger partial charge in [-0.2, -0.15) is 0 Å². The number of rotatable bonds is 4. The quantitative estimate of drug-likeness (QED) is 0.349. The maximum absolute atomic E-state index is 14.0. The predicted molar refractivity (Wildman–Crippen MR) is 132 cm³/mol. The summed E-state index contributed by atoms with van der Waals surface area (Å²) in [6.07, 6.45) is 5.79. The number of aryl methyl sites for hydroxylation is 3. The Morgan fingerprint density at radius 2 is 1.82 bits per heavy atom. The van der Waals surface area contributed by atoms with E-state index in [2.05, 4.69) is 24.5 Å². The number of nitrogens with zero attached hydrogens (tertiary/aromatic N) is 3. The van der Waals surface area contributed by atoms with E-state index in [4.69, 9.17) is 9.97 Å². The summed E-state index contributed by atoms with van der Waals surface area (Å²) in [5, 5.41) is 9.50. The molecular formula is C28H24FN3O2. The molecular weight excluding hydrogens is 429 g/mol. The van der Waals surface area contributed by atoms with Crippen LogP contribution < -0.4 is 0 Å². The lowest BCUT2D eigenvalue weighted by molar-refractivity contribution is -0.131. The number of imidazole rings is 1. The molecule has 5 rings (SSSR count). The normalized spacial score (nSPS) is 13.7. The van der Waals surface area contributed by atoms with Crippen molar-refractivity contribution in [3.8, 4) is 0 Å². The molecule has 2 heterocycles. The minimum atomic E-state index is -1.07. The number of aromatic nitrogens is 3. The molecule has 0 atom stereocenters. The molecule has 0 amide bonds. The van der Waals surface area contributed by atoms with Gasteiger partial charge >= 0.3 is 5.97 Å². The van der Waals surface area contributed by atoms with E-state index < -0.39 is 11.8 Å². The van der Waals surface area contributed by atoms with Gasteiger partial charge in [-0.15, -0.1) is 0 Å². The van der Waals surface area contributed by atoms with Gasteiger partial charge in [0.15, 0.2) is 5.65 Å². The Bertz CT molecular complexity index is 1530. The van der Waals surface area contributed by atoms with Crippen LogP contribution in [-0.4, -0.2) is 25.6 Å². The molecule has 34 heavy (non-hydrogen) atoms. The van der Waals surface area contributed by atoms with Crippen LogP contribution in [0.2, 0.25) is 0 Å². The second kappa shape index (κ2) is 8.37. The first-order valence-electron chi connectivity index (χ1n) is 11.2. The van der Waals surface area contributed by atoms with Crippen molar-refractivity contribution >= 4 is 34.9 Å². The zero-order valence-electron chi connectivity index (χ0n) is 19.3. The maximum atomic E-state index is 14.0. The summed E-state index contributed by atoms with van der Waals surface area (Å²) in [5.41, 5.74) is 8.35. The first kappa shape index (κ1) is 21.8. The number of fused-ring (bicyclic) bond motifs is 3.